The van der Waals surface area contributed by atoms with Crippen LogP contribution < -0.4 is 0 Å². The fourth-order valence-electron chi connectivity index (χ4n) is 0.207. The zero-order chi connectivity index (χ0) is 4.95. The van der Waals surface area contributed by atoms with E-state index < -0.39 is 0 Å². The molecule has 0 atom stereocenters. The standard InChI is InChI=1S/C3H3N3S/c1-2-5-7-6-3-4-1/h1-3H. The summed E-state index contributed by atoms with van der Waals surface area (Å²) in [6.07, 6.45) is 4.64. The maximum atomic E-state index is 3.72. The van der Waals surface area contributed by atoms with Crippen LogP contribution in [0.1, 0.15) is 0 Å². The zero-order valence-electron chi connectivity index (χ0n) is 3.48. The molecule has 36 valence electrons. The van der Waals surface area contributed by atoms with Crippen LogP contribution in [0.2, 0.25) is 0 Å². The number of nitrogens with zero attached hydrogens (tertiary/aromatic N) is 3. The summed E-state index contributed by atoms with van der Waals surface area (Å²) in [4.78, 5) is 3.68. The van der Waals surface area contributed by atoms with Gasteiger partial charge in [0.2, 0.25) is 0 Å². The minimum Gasteiger partial charge on any atom is -0.242 e. The molecule has 0 saturated heterocycles. The molecule has 1 aliphatic rings. The van der Waals surface area contributed by atoms with E-state index in [1.807, 2.05) is 0 Å². The van der Waals surface area contributed by atoms with Crippen molar-refractivity contribution in [2.75, 3.05) is 0 Å². The van der Waals surface area contributed by atoms with Crippen LogP contribution in [0.3, 0.4) is 0 Å². The molecule has 0 fully saturated rings. The quantitative estimate of drug-likeness (QED) is 0.427. The van der Waals surface area contributed by atoms with Crippen molar-refractivity contribution in [2.45, 2.75) is 0 Å². The Labute approximate surface area is 45.5 Å². The fourth-order valence-corrected chi connectivity index (χ4v) is 0.467. The average Bonchev–Trinajstić information content (AvgIpc) is 1.90. The smallest absolute Gasteiger partial charge is 0.125 e. The van der Waals surface area contributed by atoms with Gasteiger partial charge in [0.25, 0.3) is 0 Å². The Kier molecular flexibility index (Phi) is 1.63. The minimum absolute atomic E-state index is 1.13. The van der Waals surface area contributed by atoms with Crippen molar-refractivity contribution in [3.05, 3.63) is 0 Å². The minimum atomic E-state index is 1.13. The van der Waals surface area contributed by atoms with E-state index in [1.165, 1.54) is 6.34 Å². The van der Waals surface area contributed by atoms with Crippen molar-refractivity contribution in [2.24, 2.45) is 13.8 Å². The van der Waals surface area contributed by atoms with E-state index in [0.29, 0.717) is 0 Å². The summed E-state index contributed by atoms with van der Waals surface area (Å²) < 4.78 is 7.38. The third-order valence-corrected chi connectivity index (χ3v) is 0.826. The van der Waals surface area contributed by atoms with E-state index in [9.17, 15) is 0 Å². The molecule has 1 heterocycles. The first-order chi connectivity index (χ1) is 3.50. The fraction of sp³-hybridized carbons (Fsp3) is 0. The Morgan fingerprint density at radius 2 is 2.14 bits per heavy atom. The third-order valence-electron chi connectivity index (χ3n) is 0.422. The van der Waals surface area contributed by atoms with Gasteiger partial charge in [-0.05, 0) is 0 Å². The molecule has 1 rings (SSSR count). The highest BCUT2D eigenvalue weighted by Gasteiger charge is 1.73. The normalized spacial score (nSPS) is 17.1. The highest BCUT2D eigenvalue weighted by atomic mass is 32.2. The van der Waals surface area contributed by atoms with Gasteiger partial charge in [-0.1, -0.05) is 0 Å². The molecule has 0 saturated carbocycles. The van der Waals surface area contributed by atoms with Gasteiger partial charge in [-0.2, -0.15) is 8.80 Å². The van der Waals surface area contributed by atoms with Gasteiger partial charge in [-0.15, -0.1) is 0 Å². The number of hydrogen-bond acceptors (Lipinski definition) is 4. The lowest BCUT2D eigenvalue weighted by Gasteiger charge is -1.68. The van der Waals surface area contributed by atoms with Crippen molar-refractivity contribution in [1.82, 2.24) is 0 Å². The molecule has 3 nitrogen and oxygen atoms in total. The van der Waals surface area contributed by atoms with Crippen molar-refractivity contribution in [3.63, 3.8) is 0 Å². The molecule has 0 amide bonds. The van der Waals surface area contributed by atoms with Crippen LogP contribution in [0.4, 0.5) is 0 Å². The Morgan fingerprint density at radius 3 is 3.14 bits per heavy atom. The number of aliphatic imine (C=N–C) groups is 1. The molecule has 0 aromatic carbocycles. The summed E-state index contributed by atoms with van der Waals surface area (Å²) in [5.41, 5.74) is 0. The van der Waals surface area contributed by atoms with Crippen LogP contribution in [0.25, 0.3) is 0 Å². The van der Waals surface area contributed by atoms with Gasteiger partial charge in [0, 0.05) is 6.21 Å². The predicted octanol–water partition coefficient (Wildman–Crippen LogP) is 0.733. The molecule has 0 aliphatic carbocycles. The Morgan fingerprint density at radius 1 is 1.14 bits per heavy atom. The third kappa shape index (κ3) is 1.50. The second-order valence-electron chi connectivity index (χ2n) is 0.855. The lowest BCUT2D eigenvalue weighted by atomic mass is 10.8. The van der Waals surface area contributed by atoms with E-state index in [1.54, 1.807) is 12.4 Å². The molecule has 0 unspecified atom stereocenters. The molecule has 1 aliphatic heterocycles. The zero-order valence-corrected chi connectivity index (χ0v) is 4.30. The predicted molar refractivity (Wildman–Crippen MR) is 33.1 cm³/mol. The van der Waals surface area contributed by atoms with E-state index in [2.05, 4.69) is 13.8 Å². The summed E-state index contributed by atoms with van der Waals surface area (Å²) in [7, 11) is 0. The van der Waals surface area contributed by atoms with Gasteiger partial charge in [0.1, 0.15) is 18.5 Å². The summed E-state index contributed by atoms with van der Waals surface area (Å²) in [5.74, 6) is 0. The molecule has 0 spiro atoms. The molecule has 0 bridgehead atoms. The lowest BCUT2D eigenvalue weighted by Crippen LogP contribution is -1.68. The SMILES string of the molecule is C1=NC=NSN=C1. The second-order valence-corrected chi connectivity index (χ2v) is 1.44. The van der Waals surface area contributed by atoms with Crippen LogP contribution in [-0.2, 0) is 0 Å². The molecule has 0 N–H and O–H groups in total. The van der Waals surface area contributed by atoms with Gasteiger partial charge >= 0.3 is 0 Å². The van der Waals surface area contributed by atoms with Crippen molar-refractivity contribution < 1.29 is 0 Å². The van der Waals surface area contributed by atoms with Crippen molar-refractivity contribution >= 4 is 30.9 Å². The number of rotatable bonds is 0. The Balaban J connectivity index is 2.60. The van der Waals surface area contributed by atoms with Gasteiger partial charge < -0.3 is 0 Å². The van der Waals surface area contributed by atoms with Crippen LogP contribution >= 0.6 is 12.1 Å². The van der Waals surface area contributed by atoms with E-state index in [-0.39, 0.29) is 0 Å². The van der Waals surface area contributed by atoms with Crippen LogP contribution in [0.5, 0.6) is 0 Å². The first kappa shape index (κ1) is 4.52. The van der Waals surface area contributed by atoms with Gasteiger partial charge in [0.05, 0.1) is 6.21 Å². The molecule has 0 aromatic heterocycles. The molecular weight excluding hydrogens is 110 g/mol. The van der Waals surface area contributed by atoms with Gasteiger partial charge in [-0.3, -0.25) is 0 Å². The summed E-state index contributed by atoms with van der Waals surface area (Å²) in [6, 6.07) is 0. The topological polar surface area (TPSA) is 37.1 Å². The van der Waals surface area contributed by atoms with Gasteiger partial charge in [0.15, 0.2) is 0 Å². The summed E-state index contributed by atoms with van der Waals surface area (Å²) >= 11 is 1.13. The highest BCUT2D eigenvalue weighted by molar-refractivity contribution is 7.97. The largest absolute Gasteiger partial charge is 0.242 e. The Bertz CT molecular complexity index is 112. The van der Waals surface area contributed by atoms with E-state index in [0.717, 1.165) is 12.1 Å². The second kappa shape index (κ2) is 2.52. The molecule has 4 heteroatoms. The molecule has 0 aromatic rings. The van der Waals surface area contributed by atoms with E-state index in [4.69, 9.17) is 0 Å². The molecule has 7 heavy (non-hydrogen) atoms. The maximum Gasteiger partial charge on any atom is 0.125 e. The highest BCUT2D eigenvalue weighted by Crippen LogP contribution is 2.00. The summed E-state index contributed by atoms with van der Waals surface area (Å²) in [6.45, 7) is 0. The first-order valence-electron chi connectivity index (χ1n) is 1.73. The lowest BCUT2D eigenvalue weighted by molar-refractivity contribution is 1.78. The Hall–Kier alpha value is -0.640. The first-order valence-corrected chi connectivity index (χ1v) is 2.46. The van der Waals surface area contributed by atoms with Gasteiger partial charge in [-0.25, -0.2) is 4.99 Å². The molecule has 0 radical (unpaired) electrons. The average molecular weight is 113 g/mol. The maximum absolute atomic E-state index is 3.72. The molecular formula is C3H3N3S. The van der Waals surface area contributed by atoms with Crippen LogP contribution in [0, 0.1) is 0 Å². The summed E-state index contributed by atoms with van der Waals surface area (Å²) in [5, 5.41) is 0. The monoisotopic (exact) mass is 113 g/mol. The number of hydrogen-bond donors (Lipinski definition) is 0. The van der Waals surface area contributed by atoms with Crippen molar-refractivity contribution in [3.8, 4) is 0 Å². The van der Waals surface area contributed by atoms with Crippen LogP contribution in [0.15, 0.2) is 13.8 Å². The van der Waals surface area contributed by atoms with E-state index >= 15 is 0 Å². The van der Waals surface area contributed by atoms with Crippen LogP contribution in [-0.4, -0.2) is 18.8 Å². The van der Waals surface area contributed by atoms with Crippen molar-refractivity contribution in [1.29, 1.82) is 0 Å².